The van der Waals surface area contributed by atoms with E-state index in [0.717, 1.165) is 6.42 Å². The van der Waals surface area contributed by atoms with Gasteiger partial charge >= 0.3 is 0 Å². The van der Waals surface area contributed by atoms with Gasteiger partial charge in [-0.15, -0.1) is 0 Å². The zero-order valence-corrected chi connectivity index (χ0v) is 9.45. The Morgan fingerprint density at radius 2 is 1.93 bits per heavy atom. The molecule has 0 radical (unpaired) electrons. The van der Waals surface area contributed by atoms with Gasteiger partial charge in [-0.1, -0.05) is 19.0 Å². The van der Waals surface area contributed by atoms with Gasteiger partial charge in [0.2, 0.25) is 0 Å². The molecule has 0 aliphatic carbocycles. The molecule has 0 fully saturated rings. The third-order valence-electron chi connectivity index (χ3n) is 1.88. The normalized spacial score (nSPS) is 12.4. The molecule has 82 valence electrons. The van der Waals surface area contributed by atoms with E-state index in [0.29, 0.717) is 13.2 Å². The zero-order valence-electron chi connectivity index (χ0n) is 9.45. The Kier molecular flexibility index (Phi) is 4.91. The molecular formula is C9H20N4O. The standard InChI is InChI=1S/C9H20N4O/c1-8(2,12-13-11)7-14-9(3,4)5-6-10/h5-7,10H2,1-4H3. The summed E-state index contributed by atoms with van der Waals surface area (Å²) in [4.78, 5) is 2.77. The number of hydrogen-bond acceptors (Lipinski definition) is 3. The monoisotopic (exact) mass is 200 g/mol. The van der Waals surface area contributed by atoms with Crippen molar-refractivity contribution in [2.24, 2.45) is 10.8 Å². The first-order valence-electron chi connectivity index (χ1n) is 4.73. The van der Waals surface area contributed by atoms with Gasteiger partial charge in [-0.2, -0.15) is 0 Å². The van der Waals surface area contributed by atoms with Crippen molar-refractivity contribution in [1.29, 1.82) is 0 Å². The number of rotatable bonds is 6. The van der Waals surface area contributed by atoms with Crippen molar-refractivity contribution in [2.45, 2.75) is 45.3 Å². The predicted octanol–water partition coefficient (Wildman–Crippen LogP) is 2.22. The van der Waals surface area contributed by atoms with E-state index >= 15 is 0 Å². The first kappa shape index (κ1) is 13.2. The van der Waals surface area contributed by atoms with Gasteiger partial charge in [0.05, 0.1) is 17.7 Å². The van der Waals surface area contributed by atoms with Crippen molar-refractivity contribution >= 4 is 0 Å². The Hall–Kier alpha value is -0.770. The van der Waals surface area contributed by atoms with E-state index in [9.17, 15) is 0 Å². The fraction of sp³-hybridized carbons (Fsp3) is 1.00. The quantitative estimate of drug-likeness (QED) is 0.405. The van der Waals surface area contributed by atoms with Crippen LogP contribution in [0.2, 0.25) is 0 Å². The molecule has 14 heavy (non-hydrogen) atoms. The summed E-state index contributed by atoms with van der Waals surface area (Å²) in [5.41, 5.74) is 13.0. The van der Waals surface area contributed by atoms with Gasteiger partial charge in [-0.25, -0.2) is 0 Å². The summed E-state index contributed by atoms with van der Waals surface area (Å²) in [6, 6.07) is 0. The van der Waals surface area contributed by atoms with Crippen LogP contribution in [0.1, 0.15) is 34.1 Å². The van der Waals surface area contributed by atoms with Crippen LogP contribution in [0, 0.1) is 0 Å². The van der Waals surface area contributed by atoms with Crippen LogP contribution in [0.5, 0.6) is 0 Å². The average Bonchev–Trinajstić information content (AvgIpc) is 2.01. The molecular weight excluding hydrogens is 180 g/mol. The summed E-state index contributed by atoms with van der Waals surface area (Å²) in [5.74, 6) is 0. The molecule has 0 aliphatic rings. The highest BCUT2D eigenvalue weighted by molar-refractivity contribution is 4.79. The molecule has 0 aromatic heterocycles. The zero-order chi connectivity index (χ0) is 11.2. The molecule has 0 saturated heterocycles. The predicted molar refractivity (Wildman–Crippen MR) is 56.9 cm³/mol. The highest BCUT2D eigenvalue weighted by Gasteiger charge is 2.23. The van der Waals surface area contributed by atoms with Crippen LogP contribution >= 0.6 is 0 Å². The maximum absolute atomic E-state index is 8.32. The van der Waals surface area contributed by atoms with Crippen molar-refractivity contribution in [3.8, 4) is 0 Å². The van der Waals surface area contributed by atoms with Gasteiger partial charge in [0.25, 0.3) is 0 Å². The van der Waals surface area contributed by atoms with Crippen molar-refractivity contribution < 1.29 is 4.74 Å². The molecule has 0 saturated carbocycles. The molecule has 0 spiro atoms. The Labute approximate surface area is 85.2 Å². The number of hydrogen-bond donors (Lipinski definition) is 1. The minimum atomic E-state index is -0.499. The second kappa shape index (κ2) is 5.20. The van der Waals surface area contributed by atoms with Crippen LogP contribution in [0.15, 0.2) is 5.11 Å². The highest BCUT2D eigenvalue weighted by Crippen LogP contribution is 2.18. The molecule has 0 rings (SSSR count). The molecule has 5 heteroatoms. The summed E-state index contributed by atoms with van der Waals surface area (Å²) in [7, 11) is 0. The van der Waals surface area contributed by atoms with E-state index in [4.69, 9.17) is 16.0 Å². The number of azide groups is 1. The molecule has 0 heterocycles. The minimum absolute atomic E-state index is 0.253. The summed E-state index contributed by atoms with van der Waals surface area (Å²) >= 11 is 0. The Bertz CT molecular complexity index is 219. The van der Waals surface area contributed by atoms with E-state index in [-0.39, 0.29) is 5.60 Å². The third-order valence-corrected chi connectivity index (χ3v) is 1.88. The van der Waals surface area contributed by atoms with Gasteiger partial charge in [-0.05, 0) is 32.3 Å². The van der Waals surface area contributed by atoms with Crippen molar-refractivity contribution in [3.63, 3.8) is 0 Å². The second-order valence-electron chi connectivity index (χ2n) is 4.59. The molecule has 2 N–H and O–H groups in total. The summed E-state index contributed by atoms with van der Waals surface area (Å²) in [5, 5.41) is 3.64. The second-order valence-corrected chi connectivity index (χ2v) is 4.59. The van der Waals surface area contributed by atoms with Crippen LogP contribution in [0.4, 0.5) is 0 Å². The lowest BCUT2D eigenvalue weighted by Gasteiger charge is -2.29. The lowest BCUT2D eigenvalue weighted by atomic mass is 10.0. The maximum Gasteiger partial charge on any atom is 0.0665 e. The highest BCUT2D eigenvalue weighted by atomic mass is 16.5. The maximum atomic E-state index is 8.32. The third kappa shape index (κ3) is 5.80. The lowest BCUT2D eigenvalue weighted by Crippen LogP contribution is -2.34. The fourth-order valence-electron chi connectivity index (χ4n) is 0.942. The van der Waals surface area contributed by atoms with E-state index < -0.39 is 5.54 Å². The largest absolute Gasteiger partial charge is 0.375 e. The number of ether oxygens (including phenoxy) is 1. The van der Waals surface area contributed by atoms with Crippen LogP contribution in [0.25, 0.3) is 10.4 Å². The van der Waals surface area contributed by atoms with E-state index in [1.807, 2.05) is 27.7 Å². The fourth-order valence-corrected chi connectivity index (χ4v) is 0.942. The Morgan fingerprint density at radius 3 is 2.36 bits per heavy atom. The van der Waals surface area contributed by atoms with Crippen LogP contribution < -0.4 is 5.73 Å². The summed E-state index contributed by atoms with van der Waals surface area (Å²) in [6.45, 7) is 8.63. The molecule has 0 aliphatic heterocycles. The number of nitrogens with zero attached hydrogens (tertiary/aromatic N) is 3. The number of nitrogens with two attached hydrogens (primary N) is 1. The van der Waals surface area contributed by atoms with E-state index in [1.54, 1.807) is 0 Å². The summed E-state index contributed by atoms with van der Waals surface area (Å²) in [6.07, 6.45) is 0.791. The SMILES string of the molecule is CC(C)(COC(C)(C)CCN)N=[N+]=[N-]. The van der Waals surface area contributed by atoms with Crippen LogP contribution in [-0.4, -0.2) is 24.3 Å². The average molecular weight is 200 g/mol. The van der Waals surface area contributed by atoms with Crippen LogP contribution in [0.3, 0.4) is 0 Å². The van der Waals surface area contributed by atoms with Gasteiger partial charge < -0.3 is 10.5 Å². The molecule has 0 aromatic rings. The van der Waals surface area contributed by atoms with E-state index in [2.05, 4.69) is 10.0 Å². The topological polar surface area (TPSA) is 84.0 Å². The summed E-state index contributed by atoms with van der Waals surface area (Å²) < 4.78 is 5.64. The van der Waals surface area contributed by atoms with Crippen molar-refractivity contribution in [1.82, 2.24) is 0 Å². The van der Waals surface area contributed by atoms with Crippen molar-refractivity contribution in [2.75, 3.05) is 13.2 Å². The van der Waals surface area contributed by atoms with Gasteiger partial charge in [0.15, 0.2) is 0 Å². The molecule has 0 aromatic carbocycles. The van der Waals surface area contributed by atoms with Gasteiger partial charge in [0.1, 0.15) is 0 Å². The molecule has 0 bridgehead atoms. The van der Waals surface area contributed by atoms with Gasteiger partial charge in [0, 0.05) is 4.91 Å². The molecule has 0 amide bonds. The van der Waals surface area contributed by atoms with Crippen molar-refractivity contribution in [3.05, 3.63) is 10.4 Å². The lowest BCUT2D eigenvalue weighted by molar-refractivity contribution is -0.0396. The van der Waals surface area contributed by atoms with E-state index in [1.165, 1.54) is 0 Å². The molecule has 5 nitrogen and oxygen atoms in total. The molecule has 0 atom stereocenters. The first-order valence-corrected chi connectivity index (χ1v) is 4.73. The first-order chi connectivity index (χ1) is 6.33. The van der Waals surface area contributed by atoms with Crippen LogP contribution in [-0.2, 0) is 4.74 Å². The smallest absolute Gasteiger partial charge is 0.0665 e. The Morgan fingerprint density at radius 1 is 1.36 bits per heavy atom. The minimum Gasteiger partial charge on any atom is -0.375 e. The molecule has 0 unspecified atom stereocenters. The Balaban J connectivity index is 4.09. The van der Waals surface area contributed by atoms with Gasteiger partial charge in [-0.3, -0.25) is 0 Å².